The van der Waals surface area contributed by atoms with E-state index in [9.17, 15) is 0 Å². The lowest BCUT2D eigenvalue weighted by Crippen LogP contribution is -1.94. The van der Waals surface area contributed by atoms with Gasteiger partial charge < -0.3 is 11.5 Å². The summed E-state index contributed by atoms with van der Waals surface area (Å²) in [6.07, 6.45) is 10.4. The lowest BCUT2D eigenvalue weighted by atomic mass is 9.94. The average molecular weight is 325 g/mol. The zero-order valence-corrected chi connectivity index (χ0v) is 15.0. The molecule has 0 spiro atoms. The Balaban J connectivity index is 1.49. The lowest BCUT2D eigenvalue weighted by Gasteiger charge is -2.12. The van der Waals surface area contributed by atoms with Gasteiger partial charge in [-0.25, -0.2) is 0 Å². The van der Waals surface area contributed by atoms with Crippen molar-refractivity contribution in [2.75, 3.05) is 11.5 Å². The minimum absolute atomic E-state index is 0.635. The standard InChI is InChI=1S/C22H32N2/c1-18(20-12-16-22(24)17-13-20)8-6-4-2-3-5-7-9-19-10-14-21(23)15-11-19/h10-18H,2-9,23-24H2,1H3. The Morgan fingerprint density at radius 3 is 1.79 bits per heavy atom. The van der Waals surface area contributed by atoms with Gasteiger partial charge in [0, 0.05) is 11.4 Å². The van der Waals surface area contributed by atoms with E-state index in [1.54, 1.807) is 0 Å². The quantitative estimate of drug-likeness (QED) is 0.420. The van der Waals surface area contributed by atoms with Crippen molar-refractivity contribution in [2.24, 2.45) is 0 Å². The molecule has 0 aliphatic carbocycles. The SMILES string of the molecule is CC(CCCCCCCCc1ccc(N)cc1)c1ccc(N)cc1. The van der Waals surface area contributed by atoms with Gasteiger partial charge in [0.1, 0.15) is 0 Å². The van der Waals surface area contributed by atoms with Crippen LogP contribution >= 0.6 is 0 Å². The van der Waals surface area contributed by atoms with Gasteiger partial charge in [0.15, 0.2) is 0 Å². The average Bonchev–Trinajstić information content (AvgIpc) is 2.59. The van der Waals surface area contributed by atoms with E-state index in [4.69, 9.17) is 11.5 Å². The van der Waals surface area contributed by atoms with Crippen LogP contribution in [-0.2, 0) is 6.42 Å². The number of benzene rings is 2. The molecule has 130 valence electrons. The summed E-state index contributed by atoms with van der Waals surface area (Å²) in [7, 11) is 0. The van der Waals surface area contributed by atoms with E-state index < -0.39 is 0 Å². The molecule has 2 aromatic carbocycles. The summed E-state index contributed by atoms with van der Waals surface area (Å²) in [6, 6.07) is 16.6. The molecule has 1 atom stereocenters. The first-order valence-corrected chi connectivity index (χ1v) is 9.35. The third-order valence-corrected chi connectivity index (χ3v) is 4.84. The molecule has 2 heteroatoms. The van der Waals surface area contributed by atoms with Crippen LogP contribution in [0.3, 0.4) is 0 Å². The molecule has 0 amide bonds. The summed E-state index contributed by atoms with van der Waals surface area (Å²) >= 11 is 0. The van der Waals surface area contributed by atoms with Crippen molar-refractivity contribution < 1.29 is 0 Å². The van der Waals surface area contributed by atoms with E-state index in [-0.39, 0.29) is 0 Å². The predicted molar refractivity (Wildman–Crippen MR) is 106 cm³/mol. The van der Waals surface area contributed by atoms with Gasteiger partial charge in [-0.3, -0.25) is 0 Å². The van der Waals surface area contributed by atoms with E-state index in [0.717, 1.165) is 11.4 Å². The molecule has 0 saturated carbocycles. The number of nitrogen functional groups attached to an aromatic ring is 2. The maximum Gasteiger partial charge on any atom is 0.0314 e. The second-order valence-corrected chi connectivity index (χ2v) is 6.97. The number of nitrogens with two attached hydrogens (primary N) is 2. The second kappa shape index (κ2) is 10.0. The number of aryl methyl sites for hydroxylation is 1. The van der Waals surface area contributed by atoms with Gasteiger partial charge in [-0.15, -0.1) is 0 Å². The summed E-state index contributed by atoms with van der Waals surface area (Å²) in [4.78, 5) is 0. The van der Waals surface area contributed by atoms with Crippen LogP contribution in [0.25, 0.3) is 0 Å². The third-order valence-electron chi connectivity index (χ3n) is 4.84. The predicted octanol–water partition coefficient (Wildman–Crippen LogP) is 5.93. The summed E-state index contributed by atoms with van der Waals surface area (Å²) < 4.78 is 0. The molecule has 2 aromatic rings. The molecule has 0 saturated heterocycles. The van der Waals surface area contributed by atoms with E-state index in [1.165, 1.54) is 62.5 Å². The first-order chi connectivity index (χ1) is 11.6. The second-order valence-electron chi connectivity index (χ2n) is 6.97. The van der Waals surface area contributed by atoms with Gasteiger partial charge in [0.2, 0.25) is 0 Å². The van der Waals surface area contributed by atoms with E-state index in [1.807, 2.05) is 24.3 Å². The fraction of sp³-hybridized carbons (Fsp3) is 0.455. The number of unbranched alkanes of at least 4 members (excludes halogenated alkanes) is 5. The van der Waals surface area contributed by atoms with Crippen LogP contribution in [0, 0.1) is 0 Å². The van der Waals surface area contributed by atoms with Crippen molar-refractivity contribution in [3.8, 4) is 0 Å². The largest absolute Gasteiger partial charge is 0.399 e. The molecule has 2 nitrogen and oxygen atoms in total. The monoisotopic (exact) mass is 324 g/mol. The van der Waals surface area contributed by atoms with Crippen LogP contribution in [0.4, 0.5) is 11.4 Å². The first-order valence-electron chi connectivity index (χ1n) is 9.35. The maximum absolute atomic E-state index is 5.74. The topological polar surface area (TPSA) is 52.0 Å². The molecular formula is C22H32N2. The van der Waals surface area contributed by atoms with Crippen molar-refractivity contribution in [1.29, 1.82) is 0 Å². The molecule has 0 aromatic heterocycles. The van der Waals surface area contributed by atoms with Crippen LogP contribution in [0.15, 0.2) is 48.5 Å². The Hall–Kier alpha value is -1.96. The summed E-state index contributed by atoms with van der Waals surface area (Å²) in [5, 5.41) is 0. The summed E-state index contributed by atoms with van der Waals surface area (Å²) in [5.74, 6) is 0.635. The number of anilines is 2. The number of hydrogen-bond donors (Lipinski definition) is 2. The highest BCUT2D eigenvalue weighted by molar-refractivity contribution is 5.40. The minimum Gasteiger partial charge on any atom is -0.399 e. The van der Waals surface area contributed by atoms with Gasteiger partial charge >= 0.3 is 0 Å². The Morgan fingerprint density at radius 1 is 0.667 bits per heavy atom. The zero-order valence-electron chi connectivity index (χ0n) is 15.0. The Labute approximate surface area is 147 Å². The Kier molecular flexibility index (Phi) is 7.67. The van der Waals surface area contributed by atoms with Gasteiger partial charge in [-0.05, 0) is 60.6 Å². The van der Waals surface area contributed by atoms with Crippen molar-refractivity contribution >= 4 is 11.4 Å². The highest BCUT2D eigenvalue weighted by atomic mass is 14.5. The smallest absolute Gasteiger partial charge is 0.0314 e. The van der Waals surface area contributed by atoms with Crippen LogP contribution in [0.2, 0.25) is 0 Å². The van der Waals surface area contributed by atoms with Gasteiger partial charge in [0.25, 0.3) is 0 Å². The molecule has 0 aliphatic heterocycles. The van der Waals surface area contributed by atoms with Crippen molar-refractivity contribution in [3.63, 3.8) is 0 Å². The molecule has 24 heavy (non-hydrogen) atoms. The molecule has 0 bridgehead atoms. The fourth-order valence-corrected chi connectivity index (χ4v) is 3.16. The highest BCUT2D eigenvalue weighted by Crippen LogP contribution is 2.23. The van der Waals surface area contributed by atoms with Gasteiger partial charge in [0.05, 0.1) is 0 Å². The minimum atomic E-state index is 0.635. The van der Waals surface area contributed by atoms with E-state index in [0.29, 0.717) is 5.92 Å². The van der Waals surface area contributed by atoms with Crippen LogP contribution in [-0.4, -0.2) is 0 Å². The number of rotatable bonds is 10. The van der Waals surface area contributed by atoms with Crippen LogP contribution < -0.4 is 11.5 Å². The molecule has 0 heterocycles. The van der Waals surface area contributed by atoms with Crippen LogP contribution in [0.1, 0.15) is 68.9 Å². The Bertz CT molecular complexity index is 572. The number of hydrogen-bond acceptors (Lipinski definition) is 2. The molecule has 0 aliphatic rings. The Morgan fingerprint density at radius 2 is 1.17 bits per heavy atom. The molecule has 0 radical (unpaired) electrons. The summed E-state index contributed by atoms with van der Waals surface area (Å²) in [5.41, 5.74) is 16.0. The zero-order chi connectivity index (χ0) is 17.2. The van der Waals surface area contributed by atoms with Gasteiger partial charge in [-0.1, -0.05) is 63.3 Å². The van der Waals surface area contributed by atoms with Crippen molar-refractivity contribution in [2.45, 2.75) is 64.2 Å². The third kappa shape index (κ3) is 6.66. The molecule has 2 rings (SSSR count). The summed E-state index contributed by atoms with van der Waals surface area (Å²) in [6.45, 7) is 2.32. The van der Waals surface area contributed by atoms with Crippen molar-refractivity contribution in [1.82, 2.24) is 0 Å². The van der Waals surface area contributed by atoms with Gasteiger partial charge in [-0.2, -0.15) is 0 Å². The van der Waals surface area contributed by atoms with E-state index >= 15 is 0 Å². The van der Waals surface area contributed by atoms with Crippen molar-refractivity contribution in [3.05, 3.63) is 59.7 Å². The molecular weight excluding hydrogens is 292 g/mol. The van der Waals surface area contributed by atoms with E-state index in [2.05, 4.69) is 31.2 Å². The fourth-order valence-electron chi connectivity index (χ4n) is 3.16. The lowest BCUT2D eigenvalue weighted by molar-refractivity contribution is 0.551. The normalized spacial score (nSPS) is 12.2. The molecule has 1 unspecified atom stereocenters. The maximum atomic E-state index is 5.74. The molecule has 4 N–H and O–H groups in total. The van der Waals surface area contributed by atoms with Crippen LogP contribution in [0.5, 0.6) is 0 Å². The molecule has 0 fully saturated rings. The highest BCUT2D eigenvalue weighted by Gasteiger charge is 2.04. The first kappa shape index (κ1) is 18.4.